The van der Waals surface area contributed by atoms with Gasteiger partial charge in [-0.15, -0.1) is 0 Å². The highest BCUT2D eigenvalue weighted by Crippen LogP contribution is 2.28. The van der Waals surface area contributed by atoms with Crippen LogP contribution < -0.4 is 0 Å². The van der Waals surface area contributed by atoms with E-state index in [0.29, 0.717) is 6.42 Å². The number of thioether (sulfide) groups is 1. The van der Waals surface area contributed by atoms with Crippen molar-refractivity contribution in [1.82, 2.24) is 0 Å². The Bertz CT molecular complexity index is 652. The second-order valence-electron chi connectivity index (χ2n) is 5.45. The highest BCUT2D eigenvalue weighted by Gasteiger charge is 2.29. The lowest BCUT2D eigenvalue weighted by Gasteiger charge is -2.05. The van der Waals surface area contributed by atoms with E-state index in [-0.39, 0.29) is 34.5 Å². The molecule has 1 heterocycles. The zero-order valence-corrected chi connectivity index (χ0v) is 14.5. The summed E-state index contributed by atoms with van der Waals surface area (Å²) in [5, 5.41) is 10.4. The molecule has 0 bridgehead atoms. The maximum absolute atomic E-state index is 11.9. The smallest absolute Gasteiger partial charge is 0.435 e. The van der Waals surface area contributed by atoms with Crippen molar-refractivity contribution in [2.24, 2.45) is 4.99 Å². The Morgan fingerprint density at radius 2 is 2.04 bits per heavy atom. The number of nitrogens with zero attached hydrogens (tertiary/aromatic N) is 1. The summed E-state index contributed by atoms with van der Waals surface area (Å²) < 4.78 is 5.10. The largest absolute Gasteiger partial charge is 0.511 e. The average Bonchev–Trinajstić information content (AvgIpc) is 2.94. The Kier molecular flexibility index (Phi) is 7.06. The molecule has 1 aromatic rings. The molecule has 0 saturated carbocycles. The fourth-order valence-corrected chi connectivity index (χ4v) is 3.20. The first kappa shape index (κ1) is 18.3. The Labute approximate surface area is 145 Å². The Balaban J connectivity index is 2.02. The van der Waals surface area contributed by atoms with Crippen LogP contribution in [0.5, 0.6) is 0 Å². The number of carbonyl (C=O) groups is 2. The normalized spacial score (nSPS) is 18.0. The van der Waals surface area contributed by atoms with Gasteiger partial charge in [-0.1, -0.05) is 61.9 Å². The van der Waals surface area contributed by atoms with Crippen LogP contribution in [0.3, 0.4) is 0 Å². The second-order valence-corrected chi connectivity index (χ2v) is 6.41. The number of aliphatic hydroxyl groups is 1. The van der Waals surface area contributed by atoms with Gasteiger partial charge in [-0.3, -0.25) is 4.79 Å². The van der Waals surface area contributed by atoms with Crippen LogP contribution in [-0.2, 0) is 16.1 Å². The molecule has 0 spiro atoms. The van der Waals surface area contributed by atoms with Crippen molar-refractivity contribution in [3.63, 3.8) is 0 Å². The average molecular weight is 347 g/mol. The van der Waals surface area contributed by atoms with E-state index >= 15 is 0 Å². The van der Waals surface area contributed by atoms with Crippen molar-refractivity contribution in [2.45, 2.75) is 39.2 Å². The quantitative estimate of drug-likeness (QED) is 0.468. The monoisotopic (exact) mass is 347 g/mol. The Hall–Kier alpha value is -2.08. The van der Waals surface area contributed by atoms with Crippen LogP contribution in [0.2, 0.25) is 0 Å². The molecule has 1 fully saturated rings. The van der Waals surface area contributed by atoms with Crippen LogP contribution >= 0.6 is 11.8 Å². The summed E-state index contributed by atoms with van der Waals surface area (Å²) in [6.45, 7) is 2.19. The maximum atomic E-state index is 11.9. The predicted octanol–water partition coefficient (Wildman–Crippen LogP) is 4.43. The topological polar surface area (TPSA) is 76.0 Å². The minimum atomic E-state index is -0.755. The molecule has 1 aromatic carbocycles. The van der Waals surface area contributed by atoms with Crippen molar-refractivity contribution < 1.29 is 19.4 Å². The third kappa shape index (κ3) is 5.23. The van der Waals surface area contributed by atoms with E-state index in [0.717, 1.165) is 36.6 Å². The number of carbonyl (C=O) groups excluding carboxylic acids is 2. The van der Waals surface area contributed by atoms with Crippen molar-refractivity contribution in [3.8, 4) is 0 Å². The van der Waals surface area contributed by atoms with Gasteiger partial charge >= 0.3 is 6.09 Å². The van der Waals surface area contributed by atoms with Crippen LogP contribution in [0.1, 0.15) is 38.2 Å². The number of benzene rings is 1. The van der Waals surface area contributed by atoms with Crippen LogP contribution in [0, 0.1) is 0 Å². The predicted molar refractivity (Wildman–Crippen MR) is 95.3 cm³/mol. The number of aliphatic imine (C=N–C) groups is 1. The molecule has 5 nitrogen and oxygen atoms in total. The van der Waals surface area contributed by atoms with Crippen molar-refractivity contribution >= 4 is 28.7 Å². The Morgan fingerprint density at radius 3 is 2.75 bits per heavy atom. The first-order valence-electron chi connectivity index (χ1n) is 7.99. The molecule has 0 aliphatic carbocycles. The van der Waals surface area contributed by atoms with Gasteiger partial charge in [-0.2, -0.15) is 4.99 Å². The van der Waals surface area contributed by atoms with Crippen LogP contribution in [0.4, 0.5) is 4.79 Å². The number of hydrogen-bond donors (Lipinski definition) is 1. The number of ketones is 1. The zero-order chi connectivity index (χ0) is 17.4. The Morgan fingerprint density at radius 1 is 1.29 bits per heavy atom. The molecule has 1 amide bonds. The fraction of sp³-hybridized carbons (Fsp3) is 0.389. The van der Waals surface area contributed by atoms with Gasteiger partial charge in [-0.05, 0) is 12.0 Å². The first-order valence-corrected chi connectivity index (χ1v) is 8.98. The molecule has 0 atom stereocenters. The number of rotatable bonds is 6. The number of allylic oxidation sites excluding steroid dienone is 1. The van der Waals surface area contributed by atoms with Crippen molar-refractivity contribution in [2.75, 3.05) is 5.75 Å². The third-order valence-corrected chi connectivity index (χ3v) is 4.51. The van der Waals surface area contributed by atoms with E-state index in [4.69, 9.17) is 4.74 Å². The summed E-state index contributed by atoms with van der Waals surface area (Å²) >= 11 is 1.16. The number of unbranched alkanes of at least 4 members (excludes halogenated alkanes) is 2. The van der Waals surface area contributed by atoms with E-state index in [1.165, 1.54) is 0 Å². The third-order valence-electron chi connectivity index (χ3n) is 3.54. The molecule has 128 valence electrons. The number of hydrogen-bond acceptors (Lipinski definition) is 5. The van der Waals surface area contributed by atoms with Gasteiger partial charge < -0.3 is 9.84 Å². The van der Waals surface area contributed by atoms with Gasteiger partial charge in [0, 0.05) is 6.42 Å². The molecule has 0 unspecified atom stereocenters. The summed E-state index contributed by atoms with van der Waals surface area (Å²) in [4.78, 5) is 27.7. The highest BCUT2D eigenvalue weighted by molar-refractivity contribution is 8.16. The molecule has 1 aliphatic heterocycles. The van der Waals surface area contributed by atoms with E-state index in [9.17, 15) is 14.7 Å². The van der Waals surface area contributed by atoms with E-state index < -0.39 is 6.09 Å². The van der Waals surface area contributed by atoms with Crippen molar-refractivity contribution in [3.05, 3.63) is 47.2 Å². The molecule has 0 aromatic heterocycles. The van der Waals surface area contributed by atoms with Crippen LogP contribution in [-0.4, -0.2) is 27.8 Å². The number of Topliss-reactive ketones (excluding diaryl/α,β-unsaturated/α-hetero) is 1. The molecular formula is C18H21NO4S. The summed E-state index contributed by atoms with van der Waals surface area (Å²) in [6, 6.07) is 9.29. The lowest BCUT2D eigenvalue weighted by Crippen LogP contribution is -2.08. The van der Waals surface area contributed by atoms with E-state index in [1.807, 2.05) is 30.3 Å². The van der Waals surface area contributed by atoms with E-state index in [2.05, 4.69) is 11.9 Å². The van der Waals surface area contributed by atoms with E-state index in [1.54, 1.807) is 0 Å². The standard InChI is InChI=1S/C18H21NO4S/c1-2-3-5-10-14(20)16-15(21)12-24-17(16)19-18(22)23-11-13-8-6-4-7-9-13/h4,6-9,20H,2-3,5,10-12H2,1H3/b16-14+,19-17+. The highest BCUT2D eigenvalue weighted by atomic mass is 32.2. The summed E-state index contributed by atoms with van der Waals surface area (Å²) in [5.74, 6) is 0.0227. The zero-order valence-electron chi connectivity index (χ0n) is 13.7. The second kappa shape index (κ2) is 9.27. The van der Waals surface area contributed by atoms with Crippen LogP contribution in [0.15, 0.2) is 46.7 Å². The number of aliphatic hydroxyl groups excluding tert-OH is 1. The number of ether oxygens (including phenoxy) is 1. The minimum absolute atomic E-state index is 0.0214. The molecule has 6 heteroatoms. The van der Waals surface area contributed by atoms with Crippen molar-refractivity contribution in [1.29, 1.82) is 0 Å². The minimum Gasteiger partial charge on any atom is -0.511 e. The lowest BCUT2D eigenvalue weighted by molar-refractivity contribution is -0.112. The van der Waals surface area contributed by atoms with Crippen LogP contribution in [0.25, 0.3) is 0 Å². The fourth-order valence-electron chi connectivity index (χ4n) is 2.27. The maximum Gasteiger partial charge on any atom is 0.435 e. The van der Waals surface area contributed by atoms with Gasteiger partial charge in [0.15, 0.2) is 5.78 Å². The van der Waals surface area contributed by atoms with Gasteiger partial charge in [0.2, 0.25) is 0 Å². The summed E-state index contributed by atoms with van der Waals surface area (Å²) in [7, 11) is 0. The summed E-state index contributed by atoms with van der Waals surface area (Å²) in [6.07, 6.45) is 2.47. The van der Waals surface area contributed by atoms with Gasteiger partial charge in [-0.25, -0.2) is 4.79 Å². The molecule has 1 N–H and O–H groups in total. The molecule has 0 radical (unpaired) electrons. The molecule has 1 saturated heterocycles. The molecular weight excluding hydrogens is 326 g/mol. The summed E-state index contributed by atoms with van der Waals surface area (Å²) in [5.41, 5.74) is 1.03. The molecule has 2 rings (SSSR count). The van der Waals surface area contributed by atoms with Gasteiger partial charge in [0.05, 0.1) is 11.3 Å². The lowest BCUT2D eigenvalue weighted by atomic mass is 10.1. The molecule has 24 heavy (non-hydrogen) atoms. The van der Waals surface area contributed by atoms with Gasteiger partial charge in [0.1, 0.15) is 17.4 Å². The van der Waals surface area contributed by atoms with Gasteiger partial charge in [0.25, 0.3) is 0 Å². The first-order chi connectivity index (χ1) is 11.6. The number of amides is 1. The molecule has 1 aliphatic rings. The SMILES string of the molecule is CCCCC/C(O)=C1/C(=O)CS/C1=N/C(=O)OCc1ccccc1.